The van der Waals surface area contributed by atoms with E-state index in [2.05, 4.69) is 0 Å². The standard InChI is InChI=1S/C14H14BNO2/c16-8-10-4-1-2-6-12(10)13-7-3-5-11-9-18-15(17)14(11)13/h1-7,17H,8-9,16H2. The molecule has 0 aromatic heterocycles. The van der Waals surface area contributed by atoms with E-state index in [0.717, 1.165) is 27.7 Å². The van der Waals surface area contributed by atoms with Crippen LogP contribution in [0.3, 0.4) is 0 Å². The summed E-state index contributed by atoms with van der Waals surface area (Å²) in [7, 11) is -0.831. The van der Waals surface area contributed by atoms with E-state index in [1.807, 2.05) is 42.5 Å². The maximum Gasteiger partial charge on any atom is 0.492 e. The third-order valence-corrected chi connectivity index (χ3v) is 3.37. The molecule has 0 saturated carbocycles. The molecule has 18 heavy (non-hydrogen) atoms. The largest absolute Gasteiger partial charge is 0.492 e. The second-order valence-electron chi connectivity index (χ2n) is 4.40. The van der Waals surface area contributed by atoms with Gasteiger partial charge in [0, 0.05) is 6.54 Å². The Morgan fingerprint density at radius 3 is 2.72 bits per heavy atom. The maximum atomic E-state index is 9.93. The lowest BCUT2D eigenvalue weighted by molar-refractivity contribution is 0.275. The predicted molar refractivity (Wildman–Crippen MR) is 72.2 cm³/mol. The fraction of sp³-hybridized carbons (Fsp3) is 0.143. The van der Waals surface area contributed by atoms with Crippen LogP contribution in [0, 0.1) is 0 Å². The Morgan fingerprint density at radius 1 is 1.11 bits per heavy atom. The van der Waals surface area contributed by atoms with Crippen molar-refractivity contribution in [2.75, 3.05) is 0 Å². The third kappa shape index (κ3) is 1.75. The Hall–Kier alpha value is -1.62. The van der Waals surface area contributed by atoms with Gasteiger partial charge in [-0.2, -0.15) is 0 Å². The van der Waals surface area contributed by atoms with E-state index in [1.165, 1.54) is 0 Å². The van der Waals surface area contributed by atoms with Crippen LogP contribution in [-0.4, -0.2) is 12.1 Å². The van der Waals surface area contributed by atoms with Gasteiger partial charge in [0.1, 0.15) is 0 Å². The average Bonchev–Trinajstić information content (AvgIpc) is 2.81. The van der Waals surface area contributed by atoms with E-state index in [9.17, 15) is 5.02 Å². The molecule has 0 bridgehead atoms. The molecule has 0 radical (unpaired) electrons. The van der Waals surface area contributed by atoms with Gasteiger partial charge in [0.15, 0.2) is 0 Å². The molecule has 0 amide bonds. The summed E-state index contributed by atoms with van der Waals surface area (Å²) in [6.07, 6.45) is 0. The molecule has 4 heteroatoms. The monoisotopic (exact) mass is 239 g/mol. The van der Waals surface area contributed by atoms with Gasteiger partial charge < -0.3 is 15.4 Å². The molecule has 1 aliphatic heterocycles. The molecule has 0 aliphatic carbocycles. The lowest BCUT2D eigenvalue weighted by Gasteiger charge is -2.12. The van der Waals surface area contributed by atoms with Crippen LogP contribution < -0.4 is 11.2 Å². The van der Waals surface area contributed by atoms with Gasteiger partial charge in [-0.15, -0.1) is 0 Å². The minimum absolute atomic E-state index is 0.467. The van der Waals surface area contributed by atoms with Gasteiger partial charge in [-0.25, -0.2) is 0 Å². The molecule has 3 rings (SSSR count). The van der Waals surface area contributed by atoms with Crippen molar-refractivity contribution in [3.05, 3.63) is 53.6 Å². The zero-order valence-electron chi connectivity index (χ0n) is 9.97. The van der Waals surface area contributed by atoms with Gasteiger partial charge in [0.2, 0.25) is 0 Å². The highest BCUT2D eigenvalue weighted by atomic mass is 16.5. The van der Waals surface area contributed by atoms with E-state index in [4.69, 9.17) is 10.4 Å². The fourth-order valence-electron chi connectivity index (χ4n) is 2.48. The molecule has 0 atom stereocenters. The van der Waals surface area contributed by atoms with Gasteiger partial charge in [-0.05, 0) is 27.7 Å². The van der Waals surface area contributed by atoms with E-state index in [1.54, 1.807) is 0 Å². The van der Waals surface area contributed by atoms with E-state index in [0.29, 0.717) is 13.2 Å². The molecule has 0 unspecified atom stereocenters. The number of hydrogen-bond acceptors (Lipinski definition) is 3. The van der Waals surface area contributed by atoms with Gasteiger partial charge in [-0.3, -0.25) is 0 Å². The van der Waals surface area contributed by atoms with Crippen molar-refractivity contribution in [3.8, 4) is 11.1 Å². The normalized spacial score (nSPS) is 13.8. The molecule has 0 spiro atoms. The van der Waals surface area contributed by atoms with Gasteiger partial charge in [-0.1, -0.05) is 42.5 Å². The smallest absolute Gasteiger partial charge is 0.423 e. The van der Waals surface area contributed by atoms with E-state index >= 15 is 0 Å². The van der Waals surface area contributed by atoms with Crippen molar-refractivity contribution in [2.24, 2.45) is 5.73 Å². The van der Waals surface area contributed by atoms with Crippen LogP contribution in [0.1, 0.15) is 11.1 Å². The summed E-state index contributed by atoms with van der Waals surface area (Å²) in [6, 6.07) is 14.0. The van der Waals surface area contributed by atoms with E-state index < -0.39 is 7.12 Å². The molecule has 3 nitrogen and oxygen atoms in total. The molecule has 2 aromatic carbocycles. The summed E-state index contributed by atoms with van der Waals surface area (Å²) in [6.45, 7) is 0.950. The first-order valence-corrected chi connectivity index (χ1v) is 6.01. The topological polar surface area (TPSA) is 55.5 Å². The molecule has 1 aliphatic rings. The highest BCUT2D eigenvalue weighted by Crippen LogP contribution is 2.25. The molecular weight excluding hydrogens is 225 g/mol. The molecule has 1 heterocycles. The summed E-state index contributed by atoms with van der Waals surface area (Å²) >= 11 is 0. The predicted octanol–water partition coefficient (Wildman–Crippen LogP) is 1.03. The van der Waals surface area contributed by atoms with Crippen LogP contribution in [0.25, 0.3) is 11.1 Å². The van der Waals surface area contributed by atoms with Gasteiger partial charge in [0.25, 0.3) is 0 Å². The van der Waals surface area contributed by atoms with Gasteiger partial charge >= 0.3 is 7.12 Å². The summed E-state index contributed by atoms with van der Waals surface area (Å²) in [5, 5.41) is 9.93. The number of benzene rings is 2. The summed E-state index contributed by atoms with van der Waals surface area (Å²) < 4.78 is 5.28. The zero-order valence-corrected chi connectivity index (χ0v) is 9.97. The second kappa shape index (κ2) is 4.57. The minimum Gasteiger partial charge on any atom is -0.423 e. The average molecular weight is 239 g/mol. The third-order valence-electron chi connectivity index (χ3n) is 3.37. The number of hydrogen-bond donors (Lipinski definition) is 2. The Bertz CT molecular complexity index is 586. The number of fused-ring (bicyclic) bond motifs is 1. The molecule has 90 valence electrons. The van der Waals surface area contributed by atoms with Crippen LogP contribution in [0.4, 0.5) is 0 Å². The summed E-state index contributed by atoms with van der Waals surface area (Å²) in [5.41, 5.74) is 10.9. The van der Waals surface area contributed by atoms with Crippen molar-refractivity contribution < 1.29 is 9.68 Å². The van der Waals surface area contributed by atoms with Crippen molar-refractivity contribution in [1.29, 1.82) is 0 Å². The lowest BCUT2D eigenvalue weighted by atomic mass is 9.74. The van der Waals surface area contributed by atoms with E-state index in [-0.39, 0.29) is 0 Å². The lowest BCUT2D eigenvalue weighted by Crippen LogP contribution is -2.30. The van der Waals surface area contributed by atoms with Crippen molar-refractivity contribution in [3.63, 3.8) is 0 Å². The Balaban J connectivity index is 2.21. The molecule has 0 fully saturated rings. The van der Waals surface area contributed by atoms with Crippen LogP contribution in [0.15, 0.2) is 42.5 Å². The molecule has 0 saturated heterocycles. The fourth-order valence-corrected chi connectivity index (χ4v) is 2.48. The van der Waals surface area contributed by atoms with Crippen LogP contribution in [0.2, 0.25) is 0 Å². The van der Waals surface area contributed by atoms with Crippen molar-refractivity contribution >= 4 is 12.6 Å². The van der Waals surface area contributed by atoms with Crippen LogP contribution in [0.5, 0.6) is 0 Å². The molecule has 3 N–H and O–H groups in total. The Labute approximate surface area is 106 Å². The molecule has 2 aromatic rings. The summed E-state index contributed by atoms with van der Waals surface area (Å²) in [5.74, 6) is 0. The summed E-state index contributed by atoms with van der Waals surface area (Å²) in [4.78, 5) is 0. The Morgan fingerprint density at radius 2 is 1.89 bits per heavy atom. The number of rotatable bonds is 2. The second-order valence-corrected chi connectivity index (χ2v) is 4.40. The first-order chi connectivity index (χ1) is 8.81. The first-order valence-electron chi connectivity index (χ1n) is 6.01. The SMILES string of the molecule is NCc1ccccc1-c1cccc2c1B(O)OC2. The number of nitrogens with two attached hydrogens (primary N) is 1. The zero-order chi connectivity index (χ0) is 12.5. The quantitative estimate of drug-likeness (QED) is 0.769. The van der Waals surface area contributed by atoms with Crippen LogP contribution >= 0.6 is 0 Å². The highest BCUT2D eigenvalue weighted by molar-refractivity contribution is 6.63. The van der Waals surface area contributed by atoms with Crippen molar-refractivity contribution in [2.45, 2.75) is 13.2 Å². The Kier molecular flexibility index (Phi) is 2.92. The van der Waals surface area contributed by atoms with Crippen molar-refractivity contribution in [1.82, 2.24) is 0 Å². The minimum atomic E-state index is -0.831. The maximum absolute atomic E-state index is 9.93. The molecular formula is C14H14BNO2. The first kappa shape index (κ1) is 11.5. The van der Waals surface area contributed by atoms with Gasteiger partial charge in [0.05, 0.1) is 6.61 Å². The highest BCUT2D eigenvalue weighted by Gasteiger charge is 2.30. The van der Waals surface area contributed by atoms with Crippen LogP contribution in [-0.2, 0) is 17.8 Å².